The molecule has 0 fully saturated rings. The van der Waals surface area contributed by atoms with Crippen LogP contribution in [0.2, 0.25) is 0 Å². The molecular formula is C15H16F3N3OS2. The van der Waals surface area contributed by atoms with Gasteiger partial charge in [0.1, 0.15) is 0 Å². The number of amides is 1. The number of nitrogens with zero attached hydrogens (tertiary/aromatic N) is 2. The average Bonchev–Trinajstić information content (AvgIpc) is 2.93. The molecule has 4 nitrogen and oxygen atoms in total. The zero-order valence-electron chi connectivity index (χ0n) is 13.3. The highest BCUT2D eigenvalue weighted by Crippen LogP contribution is 2.33. The third-order valence-corrected chi connectivity index (χ3v) is 4.90. The maximum Gasteiger partial charge on any atom is 0.445 e. The summed E-state index contributed by atoms with van der Waals surface area (Å²) >= 11 is 1.61. The number of rotatable bonds is 4. The first-order valence-corrected chi connectivity index (χ1v) is 8.80. The standard InChI is InChI=1S/C15H16F3N3OS2/c1-14(2,3)9-4-6-10(7-5-9)23-8-11(22)19-13-21-20-12(24-13)15(16,17)18/h4-7H,8H2,1-3H3,(H,19,21,22). The molecule has 0 bridgehead atoms. The van der Waals surface area contributed by atoms with E-state index in [9.17, 15) is 18.0 Å². The predicted molar refractivity (Wildman–Crippen MR) is 89.4 cm³/mol. The highest BCUT2D eigenvalue weighted by Gasteiger charge is 2.35. The van der Waals surface area contributed by atoms with Gasteiger partial charge in [0.2, 0.25) is 16.0 Å². The first kappa shape index (κ1) is 18.7. The summed E-state index contributed by atoms with van der Waals surface area (Å²) in [5.74, 6) is -0.347. The van der Waals surface area contributed by atoms with Crippen LogP contribution in [0.15, 0.2) is 29.2 Å². The normalized spacial score (nSPS) is 12.2. The van der Waals surface area contributed by atoms with Crippen LogP contribution in [0, 0.1) is 0 Å². The Morgan fingerprint density at radius 1 is 1.17 bits per heavy atom. The molecule has 1 heterocycles. The first-order valence-electron chi connectivity index (χ1n) is 6.99. The Balaban J connectivity index is 1.88. The summed E-state index contributed by atoms with van der Waals surface area (Å²) in [5, 5.41) is 7.43. The van der Waals surface area contributed by atoms with E-state index in [1.54, 1.807) is 0 Å². The van der Waals surface area contributed by atoms with Gasteiger partial charge >= 0.3 is 6.18 Å². The lowest BCUT2D eigenvalue weighted by molar-refractivity contribution is -0.138. The number of nitrogens with one attached hydrogen (secondary N) is 1. The fourth-order valence-electron chi connectivity index (χ4n) is 1.74. The molecular weight excluding hydrogens is 359 g/mol. The summed E-state index contributed by atoms with van der Waals surface area (Å²) in [4.78, 5) is 12.7. The zero-order valence-corrected chi connectivity index (χ0v) is 14.9. The molecule has 1 aromatic heterocycles. The van der Waals surface area contributed by atoms with Crippen LogP contribution in [-0.4, -0.2) is 21.9 Å². The summed E-state index contributed by atoms with van der Waals surface area (Å²) in [6, 6.07) is 7.84. The van der Waals surface area contributed by atoms with Crippen molar-refractivity contribution in [2.75, 3.05) is 11.1 Å². The number of carbonyl (C=O) groups is 1. The van der Waals surface area contributed by atoms with Crippen LogP contribution in [0.4, 0.5) is 18.3 Å². The summed E-state index contributed by atoms with van der Waals surface area (Å²) < 4.78 is 37.2. The molecule has 2 aromatic rings. The lowest BCUT2D eigenvalue weighted by Gasteiger charge is -2.19. The third-order valence-electron chi connectivity index (χ3n) is 3.00. The van der Waals surface area contributed by atoms with Crippen LogP contribution < -0.4 is 5.32 Å². The average molecular weight is 375 g/mol. The van der Waals surface area contributed by atoms with Crippen molar-refractivity contribution in [2.24, 2.45) is 0 Å². The SMILES string of the molecule is CC(C)(C)c1ccc(SCC(=O)Nc2nnc(C(F)(F)F)s2)cc1. The minimum Gasteiger partial charge on any atom is -0.300 e. The van der Waals surface area contributed by atoms with E-state index in [0.29, 0.717) is 11.3 Å². The van der Waals surface area contributed by atoms with E-state index in [1.807, 2.05) is 24.3 Å². The van der Waals surface area contributed by atoms with Crippen molar-refractivity contribution in [3.05, 3.63) is 34.8 Å². The molecule has 9 heteroatoms. The van der Waals surface area contributed by atoms with Gasteiger partial charge < -0.3 is 0 Å². The van der Waals surface area contributed by atoms with Crippen LogP contribution in [-0.2, 0) is 16.4 Å². The van der Waals surface area contributed by atoms with Gasteiger partial charge in [-0.05, 0) is 23.1 Å². The monoisotopic (exact) mass is 375 g/mol. The lowest BCUT2D eigenvalue weighted by Crippen LogP contribution is -2.14. The molecule has 130 valence electrons. The number of halogens is 3. The van der Waals surface area contributed by atoms with Gasteiger partial charge in [0.05, 0.1) is 5.75 Å². The number of anilines is 1. The van der Waals surface area contributed by atoms with Crippen LogP contribution >= 0.6 is 23.1 Å². The number of thioether (sulfide) groups is 1. The van der Waals surface area contributed by atoms with E-state index in [2.05, 4.69) is 36.3 Å². The molecule has 0 spiro atoms. The Bertz CT molecular complexity index is 706. The molecule has 0 atom stereocenters. The summed E-state index contributed by atoms with van der Waals surface area (Å²) in [7, 11) is 0. The highest BCUT2D eigenvalue weighted by atomic mass is 32.2. The van der Waals surface area contributed by atoms with Crippen molar-refractivity contribution in [1.82, 2.24) is 10.2 Å². The lowest BCUT2D eigenvalue weighted by atomic mass is 9.87. The van der Waals surface area contributed by atoms with Gasteiger partial charge in [0.15, 0.2) is 0 Å². The molecule has 0 saturated carbocycles. The molecule has 0 aliphatic heterocycles. The smallest absolute Gasteiger partial charge is 0.300 e. The van der Waals surface area contributed by atoms with Crippen LogP contribution in [0.25, 0.3) is 0 Å². The Kier molecular flexibility index (Phi) is 5.54. The van der Waals surface area contributed by atoms with Gasteiger partial charge in [0.25, 0.3) is 0 Å². The zero-order chi connectivity index (χ0) is 18.0. The van der Waals surface area contributed by atoms with Crippen LogP contribution in [0.1, 0.15) is 31.3 Å². The Hall–Kier alpha value is -1.61. The van der Waals surface area contributed by atoms with Gasteiger partial charge in [-0.1, -0.05) is 44.2 Å². The van der Waals surface area contributed by atoms with Gasteiger partial charge in [-0.25, -0.2) is 0 Å². The number of hydrogen-bond acceptors (Lipinski definition) is 5. The van der Waals surface area contributed by atoms with E-state index >= 15 is 0 Å². The Morgan fingerprint density at radius 2 is 1.79 bits per heavy atom. The van der Waals surface area contributed by atoms with E-state index in [0.717, 1.165) is 4.90 Å². The molecule has 0 radical (unpaired) electrons. The van der Waals surface area contributed by atoms with Crippen molar-refractivity contribution >= 4 is 34.1 Å². The van der Waals surface area contributed by atoms with Gasteiger partial charge in [0, 0.05) is 4.90 Å². The number of aromatic nitrogens is 2. The van der Waals surface area contributed by atoms with E-state index < -0.39 is 17.1 Å². The topological polar surface area (TPSA) is 54.9 Å². The van der Waals surface area contributed by atoms with Crippen molar-refractivity contribution in [3.63, 3.8) is 0 Å². The summed E-state index contributed by atoms with van der Waals surface area (Å²) in [6.07, 6.45) is -4.55. The van der Waals surface area contributed by atoms with Crippen LogP contribution in [0.3, 0.4) is 0 Å². The minimum atomic E-state index is -4.55. The molecule has 1 N–H and O–H groups in total. The quantitative estimate of drug-likeness (QED) is 0.795. The molecule has 0 aliphatic carbocycles. The number of hydrogen-bond donors (Lipinski definition) is 1. The number of carbonyl (C=O) groups excluding carboxylic acids is 1. The number of benzene rings is 1. The van der Waals surface area contributed by atoms with Crippen molar-refractivity contribution in [1.29, 1.82) is 0 Å². The fourth-order valence-corrected chi connectivity index (χ4v) is 3.07. The highest BCUT2D eigenvalue weighted by molar-refractivity contribution is 8.00. The molecule has 1 amide bonds. The van der Waals surface area contributed by atoms with Crippen LogP contribution in [0.5, 0.6) is 0 Å². The van der Waals surface area contributed by atoms with Crippen molar-refractivity contribution < 1.29 is 18.0 Å². The molecule has 2 rings (SSSR count). The Labute approximate surface area is 145 Å². The number of alkyl halides is 3. The van der Waals surface area contributed by atoms with E-state index in [4.69, 9.17) is 0 Å². The summed E-state index contributed by atoms with van der Waals surface area (Å²) in [6.45, 7) is 6.33. The summed E-state index contributed by atoms with van der Waals surface area (Å²) in [5.41, 5.74) is 1.24. The van der Waals surface area contributed by atoms with Gasteiger partial charge in [-0.3, -0.25) is 10.1 Å². The van der Waals surface area contributed by atoms with E-state index in [1.165, 1.54) is 17.3 Å². The molecule has 0 saturated heterocycles. The molecule has 24 heavy (non-hydrogen) atoms. The minimum absolute atomic E-state index is 0.0502. The largest absolute Gasteiger partial charge is 0.445 e. The fraction of sp³-hybridized carbons (Fsp3) is 0.400. The first-order chi connectivity index (χ1) is 11.1. The maximum absolute atomic E-state index is 12.4. The Morgan fingerprint density at radius 3 is 2.29 bits per heavy atom. The second-order valence-corrected chi connectivity index (χ2v) is 8.05. The predicted octanol–water partition coefficient (Wildman–Crippen LogP) is 4.59. The third kappa shape index (κ3) is 5.20. The van der Waals surface area contributed by atoms with E-state index in [-0.39, 0.29) is 16.3 Å². The van der Waals surface area contributed by atoms with Gasteiger partial charge in [-0.15, -0.1) is 22.0 Å². The van der Waals surface area contributed by atoms with Gasteiger partial charge in [-0.2, -0.15) is 13.2 Å². The second kappa shape index (κ2) is 7.10. The van der Waals surface area contributed by atoms with Crippen molar-refractivity contribution in [3.8, 4) is 0 Å². The molecule has 1 aromatic carbocycles. The molecule has 0 unspecified atom stereocenters. The molecule has 0 aliphatic rings. The maximum atomic E-state index is 12.4. The van der Waals surface area contributed by atoms with Crippen molar-refractivity contribution in [2.45, 2.75) is 37.3 Å². The second-order valence-electron chi connectivity index (χ2n) is 6.02.